The first-order valence-corrected chi connectivity index (χ1v) is 6.40. The van der Waals surface area contributed by atoms with Crippen LogP contribution in [0.1, 0.15) is 22.3 Å². The summed E-state index contributed by atoms with van der Waals surface area (Å²) in [5.74, 6) is -0.233. The fraction of sp³-hybridized carbons (Fsp3) is 0.250. The third-order valence-corrected chi connectivity index (χ3v) is 3.18. The molecule has 0 aromatic heterocycles. The third kappa shape index (κ3) is 3.76. The van der Waals surface area contributed by atoms with Gasteiger partial charge < -0.3 is 9.84 Å². The lowest BCUT2D eigenvalue weighted by molar-refractivity contribution is -0.139. The van der Waals surface area contributed by atoms with E-state index in [9.17, 15) is 13.2 Å². The van der Waals surface area contributed by atoms with E-state index in [0.717, 1.165) is 17.2 Å². The molecule has 21 heavy (non-hydrogen) atoms. The summed E-state index contributed by atoms with van der Waals surface area (Å²) in [5.41, 5.74) is 1.11. The molecule has 2 rings (SSSR count). The normalized spacial score (nSPS) is 11.5. The Balaban J connectivity index is 2.26. The zero-order chi connectivity index (χ0) is 15.5. The number of hydrogen-bond acceptors (Lipinski definition) is 2. The maximum Gasteiger partial charge on any atom is 0.419 e. The molecule has 0 radical (unpaired) electrons. The second-order valence-electron chi connectivity index (χ2n) is 4.70. The van der Waals surface area contributed by atoms with Gasteiger partial charge in [-0.1, -0.05) is 30.3 Å². The number of alkyl halides is 3. The van der Waals surface area contributed by atoms with E-state index in [-0.39, 0.29) is 17.9 Å². The van der Waals surface area contributed by atoms with E-state index in [4.69, 9.17) is 9.84 Å². The summed E-state index contributed by atoms with van der Waals surface area (Å²) in [7, 11) is 0. The summed E-state index contributed by atoms with van der Waals surface area (Å²) in [6, 6.07) is 10.9. The van der Waals surface area contributed by atoms with Gasteiger partial charge in [0.05, 0.1) is 12.2 Å². The average Bonchev–Trinajstić information content (AvgIpc) is 2.45. The van der Waals surface area contributed by atoms with E-state index in [1.54, 1.807) is 0 Å². The Morgan fingerprint density at radius 1 is 1.10 bits per heavy atom. The van der Waals surface area contributed by atoms with Crippen molar-refractivity contribution in [2.45, 2.75) is 26.3 Å². The second kappa shape index (κ2) is 6.18. The van der Waals surface area contributed by atoms with E-state index in [1.165, 1.54) is 12.1 Å². The van der Waals surface area contributed by atoms with Crippen LogP contribution in [0.15, 0.2) is 42.5 Å². The highest BCUT2D eigenvalue weighted by molar-refractivity contribution is 5.39. The van der Waals surface area contributed by atoms with Crippen molar-refractivity contribution in [3.05, 3.63) is 64.7 Å². The van der Waals surface area contributed by atoms with Gasteiger partial charge in [-0.3, -0.25) is 0 Å². The van der Waals surface area contributed by atoms with Gasteiger partial charge in [-0.2, -0.15) is 13.2 Å². The molecule has 0 aliphatic carbocycles. The van der Waals surface area contributed by atoms with E-state index in [2.05, 4.69) is 0 Å². The number of aryl methyl sites for hydroxylation is 1. The molecule has 2 aromatic carbocycles. The maximum atomic E-state index is 13.0. The SMILES string of the molecule is Cc1ccccc1COc1ccc(CO)cc1C(F)(F)F. The minimum Gasteiger partial charge on any atom is -0.488 e. The van der Waals surface area contributed by atoms with Gasteiger partial charge >= 0.3 is 6.18 Å². The van der Waals surface area contributed by atoms with Crippen molar-refractivity contribution in [3.63, 3.8) is 0 Å². The van der Waals surface area contributed by atoms with Gasteiger partial charge in [-0.05, 0) is 35.7 Å². The van der Waals surface area contributed by atoms with Crippen LogP contribution < -0.4 is 4.74 Å². The highest BCUT2D eigenvalue weighted by Gasteiger charge is 2.34. The van der Waals surface area contributed by atoms with Crippen LogP contribution in [0.25, 0.3) is 0 Å². The van der Waals surface area contributed by atoms with Crippen LogP contribution in [-0.4, -0.2) is 5.11 Å². The van der Waals surface area contributed by atoms with Crippen molar-refractivity contribution in [3.8, 4) is 5.75 Å². The first kappa shape index (κ1) is 15.4. The molecular weight excluding hydrogens is 281 g/mol. The predicted molar refractivity (Wildman–Crippen MR) is 72.9 cm³/mol. The van der Waals surface area contributed by atoms with Gasteiger partial charge in [0.2, 0.25) is 0 Å². The lowest BCUT2D eigenvalue weighted by Gasteiger charge is -2.15. The standard InChI is InChI=1S/C16H15F3O2/c1-11-4-2-3-5-13(11)10-21-15-7-6-12(9-20)8-14(15)16(17,18)19/h2-8,20H,9-10H2,1H3. The van der Waals surface area contributed by atoms with Crippen LogP contribution in [0.3, 0.4) is 0 Å². The molecule has 0 aliphatic rings. The monoisotopic (exact) mass is 296 g/mol. The third-order valence-electron chi connectivity index (χ3n) is 3.18. The van der Waals surface area contributed by atoms with Crippen LogP contribution in [0.5, 0.6) is 5.75 Å². The molecule has 0 saturated heterocycles. The Hall–Kier alpha value is -2.01. The van der Waals surface area contributed by atoms with Gasteiger partial charge in [0.25, 0.3) is 0 Å². The van der Waals surface area contributed by atoms with Crippen molar-refractivity contribution in [2.24, 2.45) is 0 Å². The van der Waals surface area contributed by atoms with Gasteiger partial charge in [0.15, 0.2) is 0 Å². The van der Waals surface area contributed by atoms with E-state index >= 15 is 0 Å². The first-order valence-electron chi connectivity index (χ1n) is 6.40. The number of halogens is 3. The Labute approximate surface area is 120 Å². The zero-order valence-electron chi connectivity index (χ0n) is 11.4. The summed E-state index contributed by atoms with van der Waals surface area (Å²) in [5, 5.41) is 8.95. The lowest BCUT2D eigenvalue weighted by atomic mass is 10.1. The van der Waals surface area contributed by atoms with E-state index in [1.807, 2.05) is 31.2 Å². The van der Waals surface area contributed by atoms with Crippen LogP contribution in [0, 0.1) is 6.92 Å². The lowest BCUT2D eigenvalue weighted by Crippen LogP contribution is -2.10. The van der Waals surface area contributed by atoms with Gasteiger partial charge in [0, 0.05) is 0 Å². The Morgan fingerprint density at radius 3 is 2.43 bits per heavy atom. The first-order chi connectivity index (χ1) is 9.91. The Morgan fingerprint density at radius 2 is 1.81 bits per heavy atom. The van der Waals surface area contributed by atoms with Crippen molar-refractivity contribution in [2.75, 3.05) is 0 Å². The molecule has 0 heterocycles. The molecule has 0 bridgehead atoms. The molecule has 0 aliphatic heterocycles. The second-order valence-corrected chi connectivity index (χ2v) is 4.70. The molecule has 0 saturated carbocycles. The van der Waals surface area contributed by atoms with E-state index < -0.39 is 18.3 Å². The molecule has 0 spiro atoms. The molecule has 112 valence electrons. The average molecular weight is 296 g/mol. The van der Waals surface area contributed by atoms with Crippen LogP contribution in [-0.2, 0) is 19.4 Å². The largest absolute Gasteiger partial charge is 0.488 e. The minimum absolute atomic E-state index is 0.0637. The quantitative estimate of drug-likeness (QED) is 0.921. The Kier molecular flexibility index (Phi) is 4.53. The van der Waals surface area contributed by atoms with Gasteiger partial charge in [-0.15, -0.1) is 0 Å². The molecule has 2 nitrogen and oxygen atoms in total. The van der Waals surface area contributed by atoms with Gasteiger partial charge in [-0.25, -0.2) is 0 Å². The summed E-state index contributed by atoms with van der Waals surface area (Å²) in [6.45, 7) is 1.49. The van der Waals surface area contributed by atoms with Crippen LogP contribution >= 0.6 is 0 Å². The highest BCUT2D eigenvalue weighted by Crippen LogP contribution is 2.37. The highest BCUT2D eigenvalue weighted by atomic mass is 19.4. The number of aliphatic hydroxyl groups is 1. The molecule has 5 heteroatoms. The molecule has 0 fully saturated rings. The summed E-state index contributed by atoms with van der Waals surface area (Å²) >= 11 is 0. The molecule has 1 N–H and O–H groups in total. The number of aliphatic hydroxyl groups excluding tert-OH is 1. The van der Waals surface area contributed by atoms with Crippen LogP contribution in [0.4, 0.5) is 13.2 Å². The maximum absolute atomic E-state index is 13.0. The molecule has 0 unspecified atom stereocenters. The minimum atomic E-state index is -4.52. The fourth-order valence-corrected chi connectivity index (χ4v) is 1.95. The predicted octanol–water partition coefficient (Wildman–Crippen LogP) is 4.09. The van der Waals surface area contributed by atoms with E-state index in [0.29, 0.717) is 0 Å². The number of rotatable bonds is 4. The van der Waals surface area contributed by atoms with Crippen molar-refractivity contribution >= 4 is 0 Å². The van der Waals surface area contributed by atoms with Crippen molar-refractivity contribution < 1.29 is 23.0 Å². The smallest absolute Gasteiger partial charge is 0.419 e. The molecule has 0 atom stereocenters. The van der Waals surface area contributed by atoms with Crippen molar-refractivity contribution in [1.82, 2.24) is 0 Å². The summed E-state index contributed by atoms with van der Waals surface area (Å²) in [6.07, 6.45) is -4.52. The molecular formula is C16H15F3O2. The summed E-state index contributed by atoms with van der Waals surface area (Å²) < 4.78 is 44.4. The number of hydrogen-bond donors (Lipinski definition) is 1. The van der Waals surface area contributed by atoms with Gasteiger partial charge in [0.1, 0.15) is 12.4 Å². The molecule has 2 aromatic rings. The molecule has 0 amide bonds. The Bertz CT molecular complexity index is 621. The van der Waals surface area contributed by atoms with Crippen LogP contribution in [0.2, 0.25) is 0 Å². The van der Waals surface area contributed by atoms with Crippen molar-refractivity contribution in [1.29, 1.82) is 0 Å². The fourth-order valence-electron chi connectivity index (χ4n) is 1.95. The number of benzene rings is 2. The zero-order valence-corrected chi connectivity index (χ0v) is 11.4. The number of ether oxygens (including phenoxy) is 1. The topological polar surface area (TPSA) is 29.5 Å². The summed E-state index contributed by atoms with van der Waals surface area (Å²) in [4.78, 5) is 0.